The Morgan fingerprint density at radius 3 is 1.55 bits per heavy atom. The van der Waals surface area contributed by atoms with Crippen LogP contribution >= 0.6 is 104 Å². The molecule has 0 aliphatic carbocycles. The second-order valence-corrected chi connectivity index (χ2v) is 10.4. The van der Waals surface area contributed by atoms with E-state index in [0.29, 0.717) is 56.3 Å². The minimum absolute atomic E-state index is 0.364. The molecular formula is C24H11Cl9. The third kappa shape index (κ3) is 7.01. The van der Waals surface area contributed by atoms with E-state index in [1.165, 1.54) is 0 Å². The minimum Gasteiger partial charge on any atom is -0.0843 e. The molecule has 0 heterocycles. The van der Waals surface area contributed by atoms with Gasteiger partial charge in [-0.1, -0.05) is 110 Å². The average molecular weight is 618 g/mol. The first-order valence-electron chi connectivity index (χ1n) is 9.07. The van der Waals surface area contributed by atoms with Crippen molar-refractivity contribution in [3.8, 4) is 22.3 Å². The number of halogens is 9. The van der Waals surface area contributed by atoms with Crippen LogP contribution in [0.3, 0.4) is 0 Å². The fraction of sp³-hybridized carbons (Fsp3) is 0. The molecule has 4 rings (SSSR count). The molecule has 0 radical (unpaired) electrons. The summed E-state index contributed by atoms with van der Waals surface area (Å²) in [5.74, 6) is 0. The van der Waals surface area contributed by atoms with E-state index >= 15 is 0 Å². The Kier molecular flexibility index (Phi) is 9.81. The van der Waals surface area contributed by atoms with Gasteiger partial charge in [0.1, 0.15) is 0 Å². The molecular weight excluding hydrogens is 607 g/mol. The summed E-state index contributed by atoms with van der Waals surface area (Å²) in [4.78, 5) is 0. The van der Waals surface area contributed by atoms with E-state index in [9.17, 15) is 0 Å². The molecule has 0 N–H and O–H groups in total. The molecule has 0 amide bonds. The lowest BCUT2D eigenvalue weighted by molar-refractivity contribution is 1.61. The highest BCUT2D eigenvalue weighted by atomic mass is 35.5. The maximum Gasteiger partial charge on any atom is 0.0686 e. The van der Waals surface area contributed by atoms with E-state index in [1.807, 2.05) is 18.2 Å². The molecule has 170 valence electrons. The van der Waals surface area contributed by atoms with E-state index < -0.39 is 0 Å². The summed E-state index contributed by atoms with van der Waals surface area (Å²) in [5, 5.41) is 4.65. The Balaban J connectivity index is 0.000000186. The topological polar surface area (TPSA) is 0 Å². The van der Waals surface area contributed by atoms with Gasteiger partial charge in [-0.15, -0.1) is 0 Å². The van der Waals surface area contributed by atoms with Gasteiger partial charge in [0.2, 0.25) is 0 Å². The predicted octanol–water partition coefficient (Wildman–Crippen LogP) is 12.6. The van der Waals surface area contributed by atoms with Crippen LogP contribution in [0.2, 0.25) is 45.2 Å². The standard InChI is InChI=1S/C12H5Cl5.C12H6Cl4/c13-6-1-2-8(14)7(5-6)11-9(15)3-4-10(16)12(11)17;13-8-1-2-11(12(16)6-8)7-3-9(14)5-10(15)4-7/h1-5H;1-6H. The lowest BCUT2D eigenvalue weighted by atomic mass is 10.1. The van der Waals surface area contributed by atoms with Gasteiger partial charge in [-0.25, -0.2) is 0 Å². The van der Waals surface area contributed by atoms with Crippen molar-refractivity contribution in [1.29, 1.82) is 0 Å². The predicted molar refractivity (Wildman–Crippen MR) is 149 cm³/mol. The van der Waals surface area contributed by atoms with Gasteiger partial charge in [0, 0.05) is 46.8 Å². The zero-order chi connectivity index (χ0) is 24.3. The van der Waals surface area contributed by atoms with Crippen molar-refractivity contribution in [2.75, 3.05) is 0 Å². The fourth-order valence-electron chi connectivity index (χ4n) is 2.90. The average Bonchev–Trinajstić information content (AvgIpc) is 2.73. The molecule has 0 spiro atoms. The van der Waals surface area contributed by atoms with Crippen LogP contribution < -0.4 is 0 Å². The first-order chi connectivity index (χ1) is 15.6. The Hall–Kier alpha value is -0.510. The van der Waals surface area contributed by atoms with Crippen LogP contribution in [0.4, 0.5) is 0 Å². The van der Waals surface area contributed by atoms with Gasteiger partial charge in [-0.2, -0.15) is 0 Å². The number of hydrogen-bond donors (Lipinski definition) is 0. The zero-order valence-corrected chi connectivity index (χ0v) is 23.1. The molecule has 0 aliphatic rings. The quantitative estimate of drug-likeness (QED) is 0.196. The highest BCUT2D eigenvalue weighted by Crippen LogP contribution is 2.42. The van der Waals surface area contributed by atoms with E-state index in [1.54, 1.807) is 48.5 Å². The number of hydrogen-bond acceptors (Lipinski definition) is 0. The van der Waals surface area contributed by atoms with Crippen LogP contribution in [0.15, 0.2) is 66.7 Å². The third-order valence-electron chi connectivity index (χ3n) is 4.35. The molecule has 0 atom stereocenters. The van der Waals surface area contributed by atoms with Gasteiger partial charge in [-0.05, 0) is 66.2 Å². The molecule has 9 heteroatoms. The van der Waals surface area contributed by atoms with Gasteiger partial charge in [-0.3, -0.25) is 0 Å². The molecule has 0 unspecified atom stereocenters. The Morgan fingerprint density at radius 2 is 0.909 bits per heavy atom. The van der Waals surface area contributed by atoms with Crippen LogP contribution in [0.5, 0.6) is 0 Å². The molecule has 0 aliphatic heterocycles. The van der Waals surface area contributed by atoms with Crippen LogP contribution in [0.25, 0.3) is 22.3 Å². The van der Waals surface area contributed by atoms with Crippen molar-refractivity contribution < 1.29 is 0 Å². The summed E-state index contributed by atoms with van der Waals surface area (Å²) < 4.78 is 0. The van der Waals surface area contributed by atoms with E-state index in [4.69, 9.17) is 104 Å². The third-order valence-corrected chi connectivity index (χ3v) is 7.01. The van der Waals surface area contributed by atoms with Crippen LogP contribution in [0, 0.1) is 0 Å². The van der Waals surface area contributed by atoms with Crippen LogP contribution in [-0.2, 0) is 0 Å². The highest BCUT2D eigenvalue weighted by Gasteiger charge is 2.15. The van der Waals surface area contributed by atoms with Crippen molar-refractivity contribution >= 4 is 104 Å². The van der Waals surface area contributed by atoms with Gasteiger partial charge in [0.25, 0.3) is 0 Å². The smallest absolute Gasteiger partial charge is 0.0686 e. The molecule has 4 aromatic carbocycles. The maximum absolute atomic E-state index is 6.14. The monoisotopic (exact) mass is 614 g/mol. The summed E-state index contributed by atoms with van der Waals surface area (Å²) in [6.07, 6.45) is 0. The van der Waals surface area contributed by atoms with Gasteiger partial charge < -0.3 is 0 Å². The first kappa shape index (κ1) is 27.1. The molecule has 33 heavy (non-hydrogen) atoms. The Labute approximate surface area is 236 Å². The zero-order valence-electron chi connectivity index (χ0n) is 16.3. The minimum atomic E-state index is 0.364. The number of benzene rings is 4. The Morgan fingerprint density at radius 1 is 0.364 bits per heavy atom. The lowest BCUT2D eigenvalue weighted by Gasteiger charge is -2.10. The largest absolute Gasteiger partial charge is 0.0843 e. The molecule has 0 saturated heterocycles. The summed E-state index contributed by atoms with van der Waals surface area (Å²) in [7, 11) is 0. The van der Waals surface area contributed by atoms with Crippen LogP contribution in [-0.4, -0.2) is 0 Å². The van der Waals surface area contributed by atoms with Crippen molar-refractivity contribution in [2.24, 2.45) is 0 Å². The molecule has 4 aromatic rings. The van der Waals surface area contributed by atoms with E-state index in [-0.39, 0.29) is 0 Å². The van der Waals surface area contributed by atoms with Crippen molar-refractivity contribution in [2.45, 2.75) is 0 Å². The van der Waals surface area contributed by atoms with Crippen molar-refractivity contribution in [3.05, 3.63) is 112 Å². The molecule has 0 fully saturated rings. The molecule has 0 saturated carbocycles. The first-order valence-corrected chi connectivity index (χ1v) is 12.5. The second kappa shape index (κ2) is 12.0. The van der Waals surface area contributed by atoms with Crippen molar-refractivity contribution in [1.82, 2.24) is 0 Å². The summed E-state index contributed by atoms with van der Waals surface area (Å²) in [6.45, 7) is 0. The molecule has 0 bridgehead atoms. The number of rotatable bonds is 2. The van der Waals surface area contributed by atoms with E-state index in [0.717, 1.165) is 11.1 Å². The fourth-order valence-corrected chi connectivity index (χ4v) is 5.06. The summed E-state index contributed by atoms with van der Waals surface area (Å²) in [5.41, 5.74) is 2.99. The van der Waals surface area contributed by atoms with Gasteiger partial charge >= 0.3 is 0 Å². The van der Waals surface area contributed by atoms with E-state index in [2.05, 4.69) is 0 Å². The second-order valence-electron chi connectivity index (χ2n) is 6.62. The highest BCUT2D eigenvalue weighted by molar-refractivity contribution is 6.47. The Bertz CT molecular complexity index is 1300. The summed E-state index contributed by atoms with van der Waals surface area (Å²) in [6, 6.07) is 19.0. The normalized spacial score (nSPS) is 10.6. The van der Waals surface area contributed by atoms with Crippen LogP contribution in [0.1, 0.15) is 0 Å². The SMILES string of the molecule is Clc1cc(Cl)cc(-c2ccc(Cl)cc2Cl)c1.Clc1ccc(Cl)c(-c2c(Cl)ccc(Cl)c2Cl)c1. The van der Waals surface area contributed by atoms with Gasteiger partial charge in [0.15, 0.2) is 0 Å². The van der Waals surface area contributed by atoms with Gasteiger partial charge in [0.05, 0.1) is 15.1 Å². The summed E-state index contributed by atoms with van der Waals surface area (Å²) >= 11 is 54.0. The maximum atomic E-state index is 6.14. The lowest BCUT2D eigenvalue weighted by Crippen LogP contribution is -1.84. The molecule has 0 aromatic heterocycles. The van der Waals surface area contributed by atoms with Crippen molar-refractivity contribution in [3.63, 3.8) is 0 Å². The molecule has 0 nitrogen and oxygen atoms in total.